The number of benzene rings is 1. The number of carbonyl (C=O) groups is 2. The van der Waals surface area contributed by atoms with E-state index in [4.69, 9.17) is 0 Å². The highest BCUT2D eigenvalue weighted by Crippen LogP contribution is 2.43. The molecular weight excluding hydrogens is 434 g/mol. The molecule has 0 spiro atoms. The summed E-state index contributed by atoms with van der Waals surface area (Å²) in [4.78, 5) is 37.4. The molecule has 1 aliphatic rings. The van der Waals surface area contributed by atoms with Crippen LogP contribution in [0.2, 0.25) is 0 Å². The molecule has 3 N–H and O–H groups in total. The second-order valence-electron chi connectivity index (χ2n) is 8.92. The van der Waals surface area contributed by atoms with Gasteiger partial charge in [0.1, 0.15) is 11.5 Å². The van der Waals surface area contributed by atoms with Gasteiger partial charge in [-0.2, -0.15) is 0 Å². The van der Waals surface area contributed by atoms with Gasteiger partial charge in [0.25, 0.3) is 5.91 Å². The first kappa shape index (κ1) is 21.1. The molecule has 1 amide bonds. The highest BCUT2D eigenvalue weighted by Gasteiger charge is 2.35. The minimum absolute atomic E-state index is 0.110. The second-order valence-corrected chi connectivity index (χ2v) is 9.64. The molecule has 4 aromatic rings. The number of thiazole rings is 1. The van der Waals surface area contributed by atoms with Crippen LogP contribution in [0.15, 0.2) is 59.6 Å². The molecular formula is C25H23N5O2S. The highest BCUT2D eigenvalue weighted by molar-refractivity contribution is 7.07. The lowest BCUT2D eigenvalue weighted by Crippen LogP contribution is -2.26. The van der Waals surface area contributed by atoms with Crippen LogP contribution < -0.4 is 10.6 Å². The molecule has 8 heteroatoms. The van der Waals surface area contributed by atoms with Crippen molar-refractivity contribution in [3.05, 3.63) is 76.5 Å². The maximum atomic E-state index is 13.2. The van der Waals surface area contributed by atoms with Gasteiger partial charge >= 0.3 is 0 Å². The zero-order chi connectivity index (χ0) is 23.0. The molecule has 3 aromatic heterocycles. The Morgan fingerprint density at radius 1 is 1.12 bits per heavy atom. The summed E-state index contributed by atoms with van der Waals surface area (Å²) in [5, 5.41) is 7.94. The molecule has 33 heavy (non-hydrogen) atoms. The molecule has 166 valence electrons. The van der Waals surface area contributed by atoms with Gasteiger partial charge in [0.2, 0.25) is 0 Å². The van der Waals surface area contributed by atoms with Crippen LogP contribution in [-0.4, -0.2) is 26.6 Å². The van der Waals surface area contributed by atoms with E-state index < -0.39 is 0 Å². The average Bonchev–Trinajstić information content (AvgIpc) is 3.43. The van der Waals surface area contributed by atoms with Gasteiger partial charge in [0.15, 0.2) is 5.78 Å². The van der Waals surface area contributed by atoms with Crippen LogP contribution in [0.3, 0.4) is 0 Å². The van der Waals surface area contributed by atoms with E-state index in [1.54, 1.807) is 23.2 Å². The molecule has 0 atom stereocenters. The fourth-order valence-corrected chi connectivity index (χ4v) is 4.75. The summed E-state index contributed by atoms with van der Waals surface area (Å²) in [5.74, 6) is 0.218. The van der Waals surface area contributed by atoms with E-state index in [2.05, 4.69) is 39.4 Å². The van der Waals surface area contributed by atoms with Gasteiger partial charge in [-0.1, -0.05) is 32.0 Å². The van der Waals surface area contributed by atoms with E-state index in [-0.39, 0.29) is 17.1 Å². The van der Waals surface area contributed by atoms with E-state index in [0.29, 0.717) is 23.5 Å². The Labute approximate surface area is 195 Å². The number of anilines is 3. The van der Waals surface area contributed by atoms with Crippen molar-refractivity contribution in [1.29, 1.82) is 0 Å². The highest BCUT2D eigenvalue weighted by atomic mass is 32.1. The van der Waals surface area contributed by atoms with E-state index >= 15 is 0 Å². The third-order valence-electron chi connectivity index (χ3n) is 5.65. The topological polar surface area (TPSA) is 99.8 Å². The Balaban J connectivity index is 1.56. The number of fused-ring (bicyclic) bond motifs is 1. The number of rotatable bonds is 5. The van der Waals surface area contributed by atoms with Crippen LogP contribution in [-0.2, 0) is 6.42 Å². The van der Waals surface area contributed by atoms with E-state index in [9.17, 15) is 9.59 Å². The van der Waals surface area contributed by atoms with Crippen LogP contribution in [0.25, 0.3) is 11.3 Å². The third-order valence-corrected chi connectivity index (χ3v) is 6.24. The van der Waals surface area contributed by atoms with Crippen LogP contribution in [0.4, 0.5) is 17.2 Å². The Kier molecular flexibility index (Phi) is 5.30. The number of nitrogens with zero attached hydrogens (tertiary/aromatic N) is 2. The summed E-state index contributed by atoms with van der Waals surface area (Å²) in [5.41, 5.74) is 6.74. The van der Waals surface area contributed by atoms with Crippen LogP contribution in [0.1, 0.15) is 46.8 Å². The first-order valence-electron chi connectivity index (χ1n) is 10.7. The van der Waals surface area contributed by atoms with Gasteiger partial charge in [-0.25, -0.2) is 9.97 Å². The SMILES string of the molecule is CC1(C)CC(=O)c2c([nH]c(-c3ccnc(NC(=O)c4cscn4)c3)c2Nc2ccccc2)C1. The monoisotopic (exact) mass is 457 g/mol. The Hall–Kier alpha value is -3.78. The zero-order valence-electron chi connectivity index (χ0n) is 18.3. The summed E-state index contributed by atoms with van der Waals surface area (Å²) < 4.78 is 0. The number of Topliss-reactive ketones (excluding diaryl/α,β-unsaturated/α-hetero) is 1. The predicted octanol–water partition coefficient (Wildman–Crippen LogP) is 5.68. The van der Waals surface area contributed by atoms with Gasteiger partial charge in [-0.15, -0.1) is 11.3 Å². The van der Waals surface area contributed by atoms with Crippen molar-refractivity contribution in [1.82, 2.24) is 15.0 Å². The van der Waals surface area contributed by atoms with Crippen LogP contribution >= 0.6 is 11.3 Å². The van der Waals surface area contributed by atoms with Crippen molar-refractivity contribution in [2.24, 2.45) is 5.41 Å². The van der Waals surface area contributed by atoms with Crippen molar-refractivity contribution in [3.63, 3.8) is 0 Å². The quantitative estimate of drug-likeness (QED) is 0.358. The molecule has 3 heterocycles. The summed E-state index contributed by atoms with van der Waals surface area (Å²) in [6.07, 6.45) is 2.91. The summed E-state index contributed by atoms with van der Waals surface area (Å²) >= 11 is 1.36. The lowest BCUT2D eigenvalue weighted by molar-refractivity contribution is 0.0912. The molecule has 0 fully saturated rings. The Bertz CT molecular complexity index is 1330. The number of amides is 1. The summed E-state index contributed by atoms with van der Waals surface area (Å²) in [6.45, 7) is 4.22. The largest absolute Gasteiger partial charge is 0.356 e. The molecule has 0 saturated heterocycles. The Morgan fingerprint density at radius 2 is 1.94 bits per heavy atom. The van der Waals surface area contributed by atoms with Gasteiger partial charge in [-0.3, -0.25) is 9.59 Å². The van der Waals surface area contributed by atoms with Crippen molar-refractivity contribution in [3.8, 4) is 11.3 Å². The molecule has 0 saturated carbocycles. The van der Waals surface area contributed by atoms with Crippen molar-refractivity contribution in [2.75, 3.05) is 10.6 Å². The van der Waals surface area contributed by atoms with Crippen LogP contribution in [0.5, 0.6) is 0 Å². The first-order valence-corrected chi connectivity index (χ1v) is 11.6. The number of carbonyl (C=O) groups excluding carboxylic acids is 2. The van der Waals surface area contributed by atoms with Crippen molar-refractivity contribution >= 4 is 40.2 Å². The molecule has 7 nitrogen and oxygen atoms in total. The Morgan fingerprint density at radius 3 is 2.70 bits per heavy atom. The number of H-pyrrole nitrogens is 1. The molecule has 1 aliphatic carbocycles. The van der Waals surface area contributed by atoms with Crippen molar-refractivity contribution < 1.29 is 9.59 Å². The fourth-order valence-electron chi connectivity index (χ4n) is 4.22. The van der Waals surface area contributed by atoms with Gasteiger partial charge < -0.3 is 15.6 Å². The first-order chi connectivity index (χ1) is 15.9. The number of pyridine rings is 1. The van der Waals surface area contributed by atoms with E-state index in [0.717, 1.165) is 34.7 Å². The van der Waals surface area contributed by atoms with Crippen molar-refractivity contribution in [2.45, 2.75) is 26.7 Å². The van der Waals surface area contributed by atoms with Gasteiger partial charge in [-0.05, 0) is 36.1 Å². The third kappa shape index (κ3) is 4.29. The average molecular weight is 458 g/mol. The van der Waals surface area contributed by atoms with Gasteiger partial charge in [0, 0.05) is 34.9 Å². The predicted molar refractivity (Wildman–Crippen MR) is 130 cm³/mol. The summed E-state index contributed by atoms with van der Waals surface area (Å²) in [6, 6.07) is 13.4. The number of nitrogens with one attached hydrogen (secondary N) is 3. The zero-order valence-corrected chi connectivity index (χ0v) is 19.1. The molecule has 0 bridgehead atoms. The summed E-state index contributed by atoms with van der Waals surface area (Å²) in [7, 11) is 0. The van der Waals surface area contributed by atoms with Crippen LogP contribution in [0, 0.1) is 5.41 Å². The molecule has 1 aromatic carbocycles. The molecule has 0 aliphatic heterocycles. The second kappa shape index (κ2) is 8.29. The molecule has 5 rings (SSSR count). The molecule has 0 unspecified atom stereocenters. The number of ketones is 1. The van der Waals surface area contributed by atoms with Gasteiger partial charge in [0.05, 0.1) is 22.5 Å². The fraction of sp³-hybridized carbons (Fsp3) is 0.200. The van der Waals surface area contributed by atoms with E-state index in [1.807, 2.05) is 36.4 Å². The smallest absolute Gasteiger partial charge is 0.276 e. The maximum Gasteiger partial charge on any atom is 0.276 e. The number of aromatic amines is 1. The normalized spacial score (nSPS) is 14.5. The van der Waals surface area contributed by atoms with E-state index in [1.165, 1.54) is 11.3 Å². The lowest BCUT2D eigenvalue weighted by atomic mass is 9.76. The molecule has 0 radical (unpaired) electrons. The number of hydrogen-bond acceptors (Lipinski definition) is 6. The number of para-hydroxylation sites is 1. The minimum atomic E-state index is -0.314. The maximum absolute atomic E-state index is 13.2. The number of hydrogen-bond donors (Lipinski definition) is 3. The number of aromatic nitrogens is 3. The standard InChI is InChI=1S/C25H23N5O2S/c1-25(2)11-17-21(19(31)12-25)23(28-16-6-4-3-5-7-16)22(29-17)15-8-9-26-20(10-15)30-24(32)18-13-33-14-27-18/h3-10,13-14,28-29H,11-12H2,1-2H3,(H,26,30,32). The lowest BCUT2D eigenvalue weighted by Gasteiger charge is -2.28. The minimum Gasteiger partial charge on any atom is -0.356 e.